The van der Waals surface area contributed by atoms with E-state index in [0.717, 1.165) is 23.0 Å². The molecule has 0 amide bonds. The lowest BCUT2D eigenvalue weighted by Gasteiger charge is -2.17. The summed E-state index contributed by atoms with van der Waals surface area (Å²) >= 11 is 6.06. The van der Waals surface area contributed by atoms with Crippen molar-refractivity contribution >= 4 is 28.6 Å². The molecule has 4 rings (SSSR count). The predicted molar refractivity (Wildman–Crippen MR) is 83.5 cm³/mol. The Labute approximate surface area is 129 Å². The molecule has 0 bridgehead atoms. The van der Waals surface area contributed by atoms with Gasteiger partial charge in [0.15, 0.2) is 17.0 Å². The Bertz CT molecular complexity index is 711. The van der Waals surface area contributed by atoms with Crippen molar-refractivity contribution in [3.8, 4) is 0 Å². The molecule has 2 saturated carbocycles. The molecule has 0 radical (unpaired) electrons. The van der Waals surface area contributed by atoms with Crippen LogP contribution in [0.15, 0.2) is 6.33 Å². The van der Waals surface area contributed by atoms with Gasteiger partial charge in [0.05, 0.1) is 6.33 Å². The van der Waals surface area contributed by atoms with E-state index in [-0.39, 0.29) is 5.28 Å². The van der Waals surface area contributed by atoms with E-state index in [2.05, 4.69) is 38.7 Å². The van der Waals surface area contributed by atoms with Crippen LogP contribution in [-0.2, 0) is 0 Å². The molecular formula is C15H20ClN5. The molecule has 0 saturated heterocycles. The van der Waals surface area contributed by atoms with Crippen LogP contribution in [0.5, 0.6) is 0 Å². The molecule has 0 spiro atoms. The molecule has 1 N–H and O–H groups in total. The first-order valence-corrected chi connectivity index (χ1v) is 8.06. The topological polar surface area (TPSA) is 55.6 Å². The second kappa shape index (κ2) is 4.32. The van der Waals surface area contributed by atoms with Crippen molar-refractivity contribution in [2.24, 2.45) is 17.3 Å². The van der Waals surface area contributed by atoms with Crippen LogP contribution in [0.1, 0.15) is 39.2 Å². The quantitative estimate of drug-likeness (QED) is 0.882. The van der Waals surface area contributed by atoms with Crippen molar-refractivity contribution in [3.05, 3.63) is 11.6 Å². The summed E-state index contributed by atoms with van der Waals surface area (Å²) < 4.78 is 2.23. The molecule has 2 heterocycles. The van der Waals surface area contributed by atoms with Gasteiger partial charge in [-0.3, -0.25) is 0 Å². The van der Waals surface area contributed by atoms with E-state index >= 15 is 0 Å². The number of aromatic nitrogens is 4. The van der Waals surface area contributed by atoms with E-state index in [1.54, 1.807) is 0 Å². The summed E-state index contributed by atoms with van der Waals surface area (Å²) in [5, 5.41) is 3.33. The number of fused-ring (bicyclic) bond motifs is 2. The minimum absolute atomic E-state index is 0.275. The monoisotopic (exact) mass is 305 g/mol. The first-order valence-electron chi connectivity index (χ1n) is 7.68. The van der Waals surface area contributed by atoms with Gasteiger partial charge < -0.3 is 9.88 Å². The van der Waals surface area contributed by atoms with Gasteiger partial charge >= 0.3 is 0 Å². The fraction of sp³-hybridized carbons (Fsp3) is 0.667. The summed E-state index contributed by atoms with van der Waals surface area (Å²) in [4.78, 5) is 13.2. The Morgan fingerprint density at radius 1 is 1.48 bits per heavy atom. The Kier molecular flexibility index (Phi) is 2.74. The predicted octanol–water partition coefficient (Wildman–Crippen LogP) is 3.52. The molecule has 21 heavy (non-hydrogen) atoms. The van der Waals surface area contributed by atoms with E-state index in [1.807, 2.05) is 13.4 Å². The first kappa shape index (κ1) is 13.3. The first-order chi connectivity index (χ1) is 10.1. The number of hydrogen-bond acceptors (Lipinski definition) is 4. The highest BCUT2D eigenvalue weighted by molar-refractivity contribution is 6.28. The number of halogens is 1. The standard InChI is InChI=1S/C15H20ClN5/c1-4-15-6-9(15)10(5-8(15)2)21-7-18-11-12(17-3)19-14(16)20-13(11)21/h7-10H,4-6H2,1-3H3,(H,17,19,20)/t8-,9+,10-,15-/m0/s1. The Balaban J connectivity index is 1.81. The molecule has 4 atom stereocenters. The van der Waals surface area contributed by atoms with Crippen molar-refractivity contribution in [2.45, 2.75) is 39.2 Å². The fourth-order valence-electron chi connectivity index (χ4n) is 4.57. The van der Waals surface area contributed by atoms with Gasteiger partial charge in [-0.05, 0) is 48.1 Å². The van der Waals surface area contributed by atoms with Crippen LogP contribution in [0.25, 0.3) is 11.2 Å². The molecular weight excluding hydrogens is 286 g/mol. The number of anilines is 1. The summed E-state index contributed by atoms with van der Waals surface area (Å²) in [6.07, 6.45) is 5.74. The minimum atomic E-state index is 0.275. The molecule has 5 nitrogen and oxygen atoms in total. The molecule has 0 aromatic carbocycles. The minimum Gasteiger partial charge on any atom is -0.371 e. The van der Waals surface area contributed by atoms with Crippen LogP contribution in [0.2, 0.25) is 5.28 Å². The van der Waals surface area contributed by atoms with Crippen LogP contribution in [0.4, 0.5) is 5.82 Å². The van der Waals surface area contributed by atoms with Crippen LogP contribution in [0, 0.1) is 17.3 Å². The maximum absolute atomic E-state index is 6.06. The zero-order chi connectivity index (χ0) is 14.8. The van der Waals surface area contributed by atoms with Crippen LogP contribution in [-0.4, -0.2) is 26.6 Å². The molecule has 2 aromatic rings. The van der Waals surface area contributed by atoms with Crippen LogP contribution < -0.4 is 5.32 Å². The average Bonchev–Trinajstić information content (AvgIpc) is 2.98. The largest absolute Gasteiger partial charge is 0.371 e. The Morgan fingerprint density at radius 3 is 2.90 bits per heavy atom. The molecule has 0 aliphatic heterocycles. The molecule has 6 heteroatoms. The van der Waals surface area contributed by atoms with Gasteiger partial charge in [0, 0.05) is 13.1 Å². The van der Waals surface area contributed by atoms with E-state index in [4.69, 9.17) is 11.6 Å². The number of nitrogens with zero attached hydrogens (tertiary/aromatic N) is 4. The van der Waals surface area contributed by atoms with Crippen LogP contribution in [0.3, 0.4) is 0 Å². The molecule has 2 aliphatic carbocycles. The summed E-state index contributed by atoms with van der Waals surface area (Å²) in [6.45, 7) is 4.71. The van der Waals surface area contributed by atoms with Gasteiger partial charge in [-0.1, -0.05) is 13.8 Å². The lowest BCUT2D eigenvalue weighted by atomic mass is 9.90. The summed E-state index contributed by atoms with van der Waals surface area (Å²) in [6, 6.07) is 0.501. The highest BCUT2D eigenvalue weighted by atomic mass is 35.5. The third kappa shape index (κ3) is 1.67. The SMILES string of the molecule is CC[C@@]12C[C@@H]1[C@@H](n1cnc3c(NC)nc(Cl)nc31)C[C@@H]2C. The Hall–Kier alpha value is -1.36. The lowest BCUT2D eigenvalue weighted by molar-refractivity contribution is 0.339. The second-order valence-electron chi connectivity index (χ2n) is 6.52. The zero-order valence-electron chi connectivity index (χ0n) is 12.6. The van der Waals surface area contributed by atoms with E-state index in [0.29, 0.717) is 17.3 Å². The molecule has 0 unspecified atom stereocenters. The molecule has 2 aromatic heterocycles. The number of hydrogen-bond donors (Lipinski definition) is 1. The summed E-state index contributed by atoms with van der Waals surface area (Å²) in [5.74, 6) is 2.24. The average molecular weight is 306 g/mol. The van der Waals surface area contributed by atoms with Crippen molar-refractivity contribution < 1.29 is 0 Å². The Morgan fingerprint density at radius 2 is 2.29 bits per heavy atom. The van der Waals surface area contributed by atoms with Crippen molar-refractivity contribution in [2.75, 3.05) is 12.4 Å². The normalized spacial score (nSPS) is 34.2. The summed E-state index contributed by atoms with van der Waals surface area (Å²) in [7, 11) is 1.83. The third-order valence-corrected chi connectivity index (χ3v) is 6.03. The van der Waals surface area contributed by atoms with Gasteiger partial charge in [-0.15, -0.1) is 0 Å². The fourth-order valence-corrected chi connectivity index (χ4v) is 4.73. The van der Waals surface area contributed by atoms with Gasteiger partial charge in [-0.25, -0.2) is 4.98 Å². The highest BCUT2D eigenvalue weighted by Crippen LogP contribution is 2.72. The second-order valence-corrected chi connectivity index (χ2v) is 6.85. The highest BCUT2D eigenvalue weighted by Gasteiger charge is 2.64. The van der Waals surface area contributed by atoms with Crippen molar-refractivity contribution in [1.29, 1.82) is 0 Å². The maximum Gasteiger partial charge on any atom is 0.226 e. The van der Waals surface area contributed by atoms with Gasteiger partial charge in [-0.2, -0.15) is 9.97 Å². The summed E-state index contributed by atoms with van der Waals surface area (Å²) in [5.41, 5.74) is 2.23. The third-order valence-electron chi connectivity index (χ3n) is 5.87. The van der Waals surface area contributed by atoms with E-state index in [9.17, 15) is 0 Å². The maximum atomic E-state index is 6.06. The molecule has 112 valence electrons. The molecule has 2 fully saturated rings. The zero-order valence-corrected chi connectivity index (χ0v) is 13.4. The van der Waals surface area contributed by atoms with Gasteiger partial charge in [0.1, 0.15) is 0 Å². The van der Waals surface area contributed by atoms with E-state index in [1.165, 1.54) is 19.3 Å². The molecule has 2 aliphatic rings. The smallest absolute Gasteiger partial charge is 0.226 e. The number of imidazole rings is 1. The lowest BCUT2D eigenvalue weighted by Crippen LogP contribution is -2.10. The number of nitrogens with one attached hydrogen (secondary N) is 1. The van der Waals surface area contributed by atoms with Gasteiger partial charge in [0.25, 0.3) is 0 Å². The van der Waals surface area contributed by atoms with Crippen LogP contribution >= 0.6 is 11.6 Å². The van der Waals surface area contributed by atoms with Gasteiger partial charge in [0.2, 0.25) is 5.28 Å². The van der Waals surface area contributed by atoms with Crippen molar-refractivity contribution in [1.82, 2.24) is 19.5 Å². The number of rotatable bonds is 3. The van der Waals surface area contributed by atoms with Crippen molar-refractivity contribution in [3.63, 3.8) is 0 Å². The van der Waals surface area contributed by atoms with E-state index < -0.39 is 0 Å².